The van der Waals surface area contributed by atoms with Crippen LogP contribution in [0.4, 0.5) is 11.4 Å². The summed E-state index contributed by atoms with van der Waals surface area (Å²) in [6.45, 7) is 3.98. The summed E-state index contributed by atoms with van der Waals surface area (Å²) in [5.74, 6) is -0.272. The molecule has 118 valence electrons. The van der Waals surface area contributed by atoms with Crippen LogP contribution in [0.5, 0.6) is 0 Å². The topological polar surface area (TPSA) is 58.2 Å². The Balaban J connectivity index is 1.67. The molecular weight excluding hydrogens is 308 g/mol. The average Bonchev–Trinajstić information content (AvgIpc) is 2.46. The predicted octanol–water partition coefficient (Wildman–Crippen LogP) is 3.75. The van der Waals surface area contributed by atoms with E-state index in [0.29, 0.717) is 0 Å². The molecule has 2 aromatic rings. The minimum atomic E-state index is -0.407. The van der Waals surface area contributed by atoms with E-state index in [1.54, 1.807) is 0 Å². The van der Waals surface area contributed by atoms with Crippen LogP contribution in [-0.4, -0.2) is 17.1 Å². The Morgan fingerprint density at radius 1 is 1.17 bits per heavy atom. The van der Waals surface area contributed by atoms with Gasteiger partial charge in [-0.15, -0.1) is 11.8 Å². The van der Waals surface area contributed by atoms with Gasteiger partial charge in [0, 0.05) is 17.0 Å². The molecule has 4 nitrogen and oxygen atoms in total. The highest BCUT2D eigenvalue weighted by molar-refractivity contribution is 8.01. The molecule has 0 radical (unpaired) electrons. The Kier molecular flexibility index (Phi) is 4.39. The molecule has 2 aromatic carbocycles. The van der Waals surface area contributed by atoms with E-state index in [0.717, 1.165) is 27.4 Å². The smallest absolute Gasteiger partial charge is 0.238 e. The van der Waals surface area contributed by atoms with Crippen LogP contribution in [0.1, 0.15) is 17.5 Å². The van der Waals surface area contributed by atoms with Gasteiger partial charge in [0.2, 0.25) is 11.8 Å². The van der Waals surface area contributed by atoms with Gasteiger partial charge in [-0.1, -0.05) is 18.2 Å². The lowest BCUT2D eigenvalue weighted by atomic mass is 10.1. The average molecular weight is 326 g/mol. The van der Waals surface area contributed by atoms with E-state index in [4.69, 9.17) is 0 Å². The van der Waals surface area contributed by atoms with Crippen molar-refractivity contribution < 1.29 is 9.59 Å². The van der Waals surface area contributed by atoms with Crippen molar-refractivity contribution >= 4 is 35.0 Å². The number of para-hydroxylation sites is 1. The first kappa shape index (κ1) is 15.6. The second-order valence-corrected chi connectivity index (χ2v) is 6.97. The molecule has 1 aliphatic heterocycles. The summed E-state index contributed by atoms with van der Waals surface area (Å²) < 4.78 is 0. The van der Waals surface area contributed by atoms with Crippen LogP contribution in [0.15, 0.2) is 47.4 Å². The van der Waals surface area contributed by atoms with Crippen LogP contribution < -0.4 is 10.6 Å². The fourth-order valence-electron chi connectivity index (χ4n) is 2.65. The zero-order valence-electron chi connectivity index (χ0n) is 13.1. The summed E-state index contributed by atoms with van der Waals surface area (Å²) in [6, 6.07) is 13.5. The first-order chi connectivity index (χ1) is 11.0. The third kappa shape index (κ3) is 3.74. The monoisotopic (exact) mass is 326 g/mol. The van der Waals surface area contributed by atoms with E-state index < -0.39 is 5.25 Å². The third-order valence-electron chi connectivity index (χ3n) is 3.58. The maximum Gasteiger partial charge on any atom is 0.238 e. The van der Waals surface area contributed by atoms with Gasteiger partial charge in [-0.3, -0.25) is 9.59 Å². The molecule has 1 heterocycles. The van der Waals surface area contributed by atoms with Crippen molar-refractivity contribution in [1.29, 1.82) is 0 Å². The lowest BCUT2D eigenvalue weighted by molar-refractivity contribution is -0.120. The predicted molar refractivity (Wildman–Crippen MR) is 93.9 cm³/mol. The van der Waals surface area contributed by atoms with Gasteiger partial charge in [0.05, 0.1) is 10.9 Å². The number of fused-ring (bicyclic) bond motifs is 1. The molecule has 1 aliphatic rings. The fraction of sp³-hybridized carbons (Fsp3) is 0.222. The minimum absolute atomic E-state index is 0.121. The van der Waals surface area contributed by atoms with Gasteiger partial charge >= 0.3 is 0 Å². The fourth-order valence-corrected chi connectivity index (χ4v) is 3.76. The summed E-state index contributed by atoms with van der Waals surface area (Å²) in [4.78, 5) is 25.4. The van der Waals surface area contributed by atoms with Crippen LogP contribution in [-0.2, 0) is 9.59 Å². The second-order valence-electron chi connectivity index (χ2n) is 5.72. The van der Waals surface area contributed by atoms with Crippen LogP contribution >= 0.6 is 11.8 Å². The molecule has 0 unspecified atom stereocenters. The Morgan fingerprint density at radius 3 is 2.61 bits per heavy atom. The molecule has 2 amide bonds. The first-order valence-electron chi connectivity index (χ1n) is 7.46. The van der Waals surface area contributed by atoms with Gasteiger partial charge in [-0.25, -0.2) is 0 Å². The van der Waals surface area contributed by atoms with E-state index in [1.165, 1.54) is 11.8 Å². The highest BCUT2D eigenvalue weighted by Crippen LogP contribution is 2.36. The Morgan fingerprint density at radius 2 is 1.87 bits per heavy atom. The van der Waals surface area contributed by atoms with Crippen molar-refractivity contribution in [3.05, 3.63) is 53.6 Å². The van der Waals surface area contributed by atoms with Crippen molar-refractivity contribution in [2.24, 2.45) is 0 Å². The van der Waals surface area contributed by atoms with Gasteiger partial charge in [-0.05, 0) is 49.2 Å². The van der Waals surface area contributed by atoms with Crippen molar-refractivity contribution in [3.63, 3.8) is 0 Å². The molecule has 0 saturated carbocycles. The van der Waals surface area contributed by atoms with Gasteiger partial charge < -0.3 is 10.6 Å². The number of hydrogen-bond donors (Lipinski definition) is 2. The summed E-state index contributed by atoms with van der Waals surface area (Å²) >= 11 is 1.44. The number of anilines is 2. The molecular formula is C18H18N2O2S. The van der Waals surface area contributed by atoms with Crippen LogP contribution in [0.2, 0.25) is 0 Å². The van der Waals surface area contributed by atoms with Gasteiger partial charge in [0.25, 0.3) is 0 Å². The van der Waals surface area contributed by atoms with Gasteiger partial charge in [-0.2, -0.15) is 0 Å². The number of thioether (sulfide) groups is 1. The van der Waals surface area contributed by atoms with Crippen LogP contribution in [0.3, 0.4) is 0 Å². The molecule has 0 fully saturated rings. The van der Waals surface area contributed by atoms with Crippen molar-refractivity contribution in [3.8, 4) is 0 Å². The highest BCUT2D eigenvalue weighted by Gasteiger charge is 2.28. The number of rotatable bonds is 3. The first-order valence-corrected chi connectivity index (χ1v) is 8.34. The number of carbonyl (C=O) groups excluding carboxylic acids is 2. The largest absolute Gasteiger partial charge is 0.326 e. The SMILES string of the molecule is Cc1cc(C)cc(NC(=O)C[C@@H]2Sc3ccccc3NC2=O)c1. The summed E-state index contributed by atoms with van der Waals surface area (Å²) in [5.41, 5.74) is 3.78. The molecule has 2 N–H and O–H groups in total. The molecule has 3 rings (SSSR count). The summed E-state index contributed by atoms with van der Waals surface area (Å²) in [5, 5.41) is 5.33. The van der Waals surface area contributed by atoms with Crippen molar-refractivity contribution in [2.45, 2.75) is 30.4 Å². The molecule has 1 atom stereocenters. The lowest BCUT2D eigenvalue weighted by Gasteiger charge is -2.23. The Labute approximate surface area is 139 Å². The van der Waals surface area contributed by atoms with Crippen molar-refractivity contribution in [2.75, 3.05) is 10.6 Å². The minimum Gasteiger partial charge on any atom is -0.326 e. The Bertz CT molecular complexity index is 753. The second kappa shape index (κ2) is 6.46. The number of benzene rings is 2. The molecule has 0 saturated heterocycles. The standard InChI is InChI=1S/C18H18N2O2S/c1-11-7-12(2)9-13(8-11)19-17(21)10-16-18(22)20-14-5-3-4-6-15(14)23-16/h3-9,16H,10H2,1-2H3,(H,19,21)(H,20,22)/t16-/m0/s1. The van der Waals surface area contributed by atoms with E-state index in [9.17, 15) is 9.59 Å². The van der Waals surface area contributed by atoms with Gasteiger partial charge in [0.15, 0.2) is 0 Å². The molecule has 23 heavy (non-hydrogen) atoms. The number of amides is 2. The van der Waals surface area contributed by atoms with Crippen molar-refractivity contribution in [1.82, 2.24) is 0 Å². The molecule has 0 aliphatic carbocycles. The lowest BCUT2D eigenvalue weighted by Crippen LogP contribution is -2.32. The molecule has 0 bridgehead atoms. The van der Waals surface area contributed by atoms with E-state index in [1.807, 2.05) is 50.2 Å². The zero-order chi connectivity index (χ0) is 16.4. The van der Waals surface area contributed by atoms with E-state index in [-0.39, 0.29) is 18.2 Å². The summed E-state index contributed by atoms with van der Waals surface area (Å²) in [7, 11) is 0. The quantitative estimate of drug-likeness (QED) is 0.903. The maximum absolute atomic E-state index is 12.3. The molecule has 5 heteroatoms. The normalized spacial score (nSPS) is 16.4. The third-order valence-corrected chi connectivity index (χ3v) is 4.86. The molecule has 0 aromatic heterocycles. The number of hydrogen-bond acceptors (Lipinski definition) is 3. The van der Waals surface area contributed by atoms with Gasteiger partial charge in [0.1, 0.15) is 0 Å². The number of aryl methyl sites for hydroxylation is 2. The number of nitrogens with one attached hydrogen (secondary N) is 2. The van der Waals surface area contributed by atoms with Crippen LogP contribution in [0, 0.1) is 13.8 Å². The maximum atomic E-state index is 12.3. The highest BCUT2D eigenvalue weighted by atomic mass is 32.2. The van der Waals surface area contributed by atoms with E-state index in [2.05, 4.69) is 16.7 Å². The number of carbonyl (C=O) groups is 2. The Hall–Kier alpha value is -2.27. The van der Waals surface area contributed by atoms with E-state index >= 15 is 0 Å². The van der Waals surface area contributed by atoms with Crippen LogP contribution in [0.25, 0.3) is 0 Å². The zero-order valence-corrected chi connectivity index (χ0v) is 13.9. The molecule has 0 spiro atoms. The summed E-state index contributed by atoms with van der Waals surface area (Å²) in [6.07, 6.45) is 0.151.